The smallest absolute Gasteiger partial charge is 0.329 e. The molecule has 8 nitrogen and oxygen atoms in total. The molecular weight excluding hydrogens is 250 g/mol. The number of nitrogens with one attached hydrogen (secondary N) is 1. The normalized spacial score (nSPS) is 12.1. The molecule has 3 N–H and O–H groups in total. The first-order chi connectivity index (χ1) is 8.97. The quantitative estimate of drug-likeness (QED) is 0.639. The van der Waals surface area contributed by atoms with Crippen LogP contribution < -0.4 is 11.1 Å². The predicted octanol–water partition coefficient (Wildman–Crippen LogP) is 2.04. The second-order valence-electron chi connectivity index (χ2n) is 4.03. The standard InChI is InChI=1S/C11H13N5O3/c1-6-3-4-9(19-6)7(2)14-10-8(16(17)18)5-13-11(12)15-10/h3-5,7H,1-2H3,(H3,12,13,14,15). The molecule has 8 heteroatoms. The Labute approximate surface area is 108 Å². The molecule has 0 saturated carbocycles. The van der Waals surface area contributed by atoms with Crippen molar-refractivity contribution in [3.8, 4) is 0 Å². The zero-order valence-corrected chi connectivity index (χ0v) is 10.5. The van der Waals surface area contributed by atoms with Crippen LogP contribution in [0.2, 0.25) is 0 Å². The summed E-state index contributed by atoms with van der Waals surface area (Å²) in [6.07, 6.45) is 1.07. The number of furan rings is 1. The first kappa shape index (κ1) is 12.8. The van der Waals surface area contributed by atoms with E-state index in [4.69, 9.17) is 10.2 Å². The van der Waals surface area contributed by atoms with E-state index >= 15 is 0 Å². The van der Waals surface area contributed by atoms with Crippen LogP contribution in [0.5, 0.6) is 0 Å². The summed E-state index contributed by atoms with van der Waals surface area (Å²) in [7, 11) is 0. The molecule has 0 saturated heterocycles. The summed E-state index contributed by atoms with van der Waals surface area (Å²) in [6.45, 7) is 3.63. The number of aromatic nitrogens is 2. The van der Waals surface area contributed by atoms with E-state index < -0.39 is 4.92 Å². The molecule has 1 unspecified atom stereocenters. The number of anilines is 2. The highest BCUT2D eigenvalue weighted by atomic mass is 16.6. The van der Waals surface area contributed by atoms with Crippen molar-refractivity contribution in [3.63, 3.8) is 0 Å². The van der Waals surface area contributed by atoms with Crippen LogP contribution in [0.3, 0.4) is 0 Å². The van der Waals surface area contributed by atoms with Crippen LogP contribution in [0.4, 0.5) is 17.5 Å². The van der Waals surface area contributed by atoms with Crippen LogP contribution in [0.1, 0.15) is 24.5 Å². The third-order valence-corrected chi connectivity index (χ3v) is 2.53. The van der Waals surface area contributed by atoms with Gasteiger partial charge in [-0.3, -0.25) is 10.1 Å². The third kappa shape index (κ3) is 2.79. The second-order valence-corrected chi connectivity index (χ2v) is 4.03. The van der Waals surface area contributed by atoms with Gasteiger partial charge in [-0.05, 0) is 26.0 Å². The number of hydrogen-bond donors (Lipinski definition) is 2. The van der Waals surface area contributed by atoms with Gasteiger partial charge in [0.25, 0.3) is 0 Å². The molecule has 2 aromatic rings. The molecule has 0 amide bonds. The van der Waals surface area contributed by atoms with Crippen molar-refractivity contribution in [2.24, 2.45) is 0 Å². The molecule has 2 aromatic heterocycles. The molecule has 0 bridgehead atoms. The fourth-order valence-electron chi connectivity index (χ4n) is 1.59. The van der Waals surface area contributed by atoms with Gasteiger partial charge in [0.15, 0.2) is 0 Å². The van der Waals surface area contributed by atoms with Crippen molar-refractivity contribution in [3.05, 3.63) is 40.0 Å². The zero-order valence-electron chi connectivity index (χ0n) is 10.5. The van der Waals surface area contributed by atoms with Crippen LogP contribution in [0.25, 0.3) is 0 Å². The minimum absolute atomic E-state index is 0.0316. The van der Waals surface area contributed by atoms with Gasteiger partial charge in [-0.1, -0.05) is 0 Å². The Morgan fingerprint density at radius 3 is 2.84 bits per heavy atom. The maximum atomic E-state index is 10.9. The van der Waals surface area contributed by atoms with E-state index in [9.17, 15) is 10.1 Å². The molecular formula is C11H13N5O3. The number of rotatable bonds is 4. The lowest BCUT2D eigenvalue weighted by molar-refractivity contribution is -0.384. The van der Waals surface area contributed by atoms with Gasteiger partial charge in [-0.25, -0.2) is 4.98 Å². The molecule has 0 aliphatic rings. The van der Waals surface area contributed by atoms with E-state index in [1.54, 1.807) is 13.0 Å². The third-order valence-electron chi connectivity index (χ3n) is 2.53. The predicted molar refractivity (Wildman–Crippen MR) is 68.6 cm³/mol. The molecule has 0 aromatic carbocycles. The molecule has 19 heavy (non-hydrogen) atoms. The number of hydrogen-bond acceptors (Lipinski definition) is 7. The minimum Gasteiger partial charge on any atom is -0.464 e. The average molecular weight is 263 g/mol. The SMILES string of the molecule is Cc1ccc(C(C)Nc2nc(N)ncc2[N+](=O)[O-])o1. The topological polar surface area (TPSA) is 120 Å². The van der Waals surface area contributed by atoms with Gasteiger partial charge in [-0.2, -0.15) is 4.98 Å². The Balaban J connectivity index is 2.27. The Kier molecular flexibility index (Phi) is 3.32. The van der Waals surface area contributed by atoms with Gasteiger partial charge in [0.2, 0.25) is 11.8 Å². The van der Waals surface area contributed by atoms with Crippen molar-refractivity contribution in [1.82, 2.24) is 9.97 Å². The van der Waals surface area contributed by atoms with Crippen LogP contribution in [-0.2, 0) is 0 Å². The molecule has 0 aliphatic carbocycles. The van der Waals surface area contributed by atoms with Crippen molar-refractivity contribution in [2.75, 3.05) is 11.1 Å². The van der Waals surface area contributed by atoms with Gasteiger partial charge < -0.3 is 15.5 Å². The van der Waals surface area contributed by atoms with E-state index in [0.29, 0.717) is 5.76 Å². The van der Waals surface area contributed by atoms with Gasteiger partial charge in [0.05, 0.1) is 11.0 Å². The summed E-state index contributed by atoms with van der Waals surface area (Å²) in [4.78, 5) is 17.8. The second kappa shape index (κ2) is 4.92. The fourth-order valence-corrected chi connectivity index (χ4v) is 1.59. The summed E-state index contributed by atoms with van der Waals surface area (Å²) in [5, 5.41) is 13.8. The number of nitrogens with zero attached hydrogens (tertiary/aromatic N) is 3. The van der Waals surface area contributed by atoms with Crippen LogP contribution >= 0.6 is 0 Å². The largest absolute Gasteiger partial charge is 0.464 e. The molecule has 0 radical (unpaired) electrons. The number of nitrogen functional groups attached to an aromatic ring is 1. The molecule has 100 valence electrons. The monoisotopic (exact) mass is 263 g/mol. The highest BCUT2D eigenvalue weighted by molar-refractivity contribution is 5.57. The highest BCUT2D eigenvalue weighted by Gasteiger charge is 2.20. The van der Waals surface area contributed by atoms with Crippen LogP contribution in [0, 0.1) is 17.0 Å². The van der Waals surface area contributed by atoms with Crippen molar-refractivity contribution in [2.45, 2.75) is 19.9 Å². The lowest BCUT2D eigenvalue weighted by Crippen LogP contribution is -2.11. The maximum Gasteiger partial charge on any atom is 0.329 e. The Hall–Kier alpha value is -2.64. The molecule has 0 aliphatic heterocycles. The Bertz CT molecular complexity index is 610. The first-order valence-corrected chi connectivity index (χ1v) is 5.57. The summed E-state index contributed by atoms with van der Waals surface area (Å²) >= 11 is 0. The Morgan fingerprint density at radius 2 is 2.26 bits per heavy atom. The van der Waals surface area contributed by atoms with Crippen LogP contribution in [0.15, 0.2) is 22.7 Å². The summed E-state index contributed by atoms with van der Waals surface area (Å²) in [6, 6.07) is 3.33. The van der Waals surface area contributed by atoms with Gasteiger partial charge >= 0.3 is 5.69 Å². The molecule has 0 spiro atoms. The molecule has 0 fully saturated rings. The lowest BCUT2D eigenvalue weighted by atomic mass is 10.2. The summed E-state index contributed by atoms with van der Waals surface area (Å²) in [5.74, 6) is 1.46. The fraction of sp³-hybridized carbons (Fsp3) is 0.273. The van der Waals surface area contributed by atoms with Gasteiger partial charge in [-0.15, -0.1) is 0 Å². The van der Waals surface area contributed by atoms with E-state index in [-0.39, 0.29) is 23.5 Å². The van der Waals surface area contributed by atoms with E-state index in [2.05, 4.69) is 15.3 Å². The van der Waals surface area contributed by atoms with Gasteiger partial charge in [0.1, 0.15) is 17.7 Å². The summed E-state index contributed by atoms with van der Waals surface area (Å²) < 4.78 is 5.44. The molecule has 2 rings (SSSR count). The maximum absolute atomic E-state index is 10.9. The zero-order chi connectivity index (χ0) is 14.0. The minimum atomic E-state index is -0.568. The Morgan fingerprint density at radius 1 is 1.53 bits per heavy atom. The lowest BCUT2D eigenvalue weighted by Gasteiger charge is -2.12. The molecule has 2 heterocycles. The van der Waals surface area contributed by atoms with E-state index in [1.807, 2.05) is 13.0 Å². The highest BCUT2D eigenvalue weighted by Crippen LogP contribution is 2.26. The van der Waals surface area contributed by atoms with Crippen molar-refractivity contribution < 1.29 is 9.34 Å². The summed E-state index contributed by atoms with van der Waals surface area (Å²) in [5.41, 5.74) is 5.21. The van der Waals surface area contributed by atoms with Gasteiger partial charge in [0, 0.05) is 0 Å². The van der Waals surface area contributed by atoms with Crippen molar-refractivity contribution in [1.29, 1.82) is 0 Å². The first-order valence-electron chi connectivity index (χ1n) is 5.57. The number of nitro groups is 1. The number of aryl methyl sites for hydroxylation is 1. The van der Waals surface area contributed by atoms with Crippen molar-refractivity contribution >= 4 is 17.5 Å². The van der Waals surface area contributed by atoms with E-state index in [0.717, 1.165) is 12.0 Å². The van der Waals surface area contributed by atoms with E-state index in [1.165, 1.54) is 0 Å². The number of nitrogens with two attached hydrogens (primary N) is 1. The van der Waals surface area contributed by atoms with Crippen LogP contribution in [-0.4, -0.2) is 14.9 Å². The molecule has 1 atom stereocenters. The average Bonchev–Trinajstić information content (AvgIpc) is 2.75.